The van der Waals surface area contributed by atoms with Gasteiger partial charge in [0.25, 0.3) is 0 Å². The lowest BCUT2D eigenvalue weighted by Gasteiger charge is -2.34. The number of nitrogens with zero attached hydrogens (tertiary/aromatic N) is 3. The zero-order chi connectivity index (χ0) is 18.0. The third kappa shape index (κ3) is 7.49. The molecule has 1 aromatic rings. The van der Waals surface area contributed by atoms with E-state index >= 15 is 0 Å². The van der Waals surface area contributed by atoms with Crippen LogP contribution in [0.15, 0.2) is 35.3 Å². The summed E-state index contributed by atoms with van der Waals surface area (Å²) in [5.74, 6) is 2.02. The van der Waals surface area contributed by atoms with Crippen LogP contribution in [0.1, 0.15) is 38.5 Å². The van der Waals surface area contributed by atoms with Crippen molar-refractivity contribution in [1.29, 1.82) is 0 Å². The summed E-state index contributed by atoms with van der Waals surface area (Å²) in [6, 6.07) is 10.2. The normalized spacial score (nSPS) is 19.9. The van der Waals surface area contributed by atoms with Gasteiger partial charge in [-0.2, -0.15) is 0 Å². The molecule has 27 heavy (non-hydrogen) atoms. The van der Waals surface area contributed by atoms with E-state index in [1.807, 2.05) is 37.4 Å². The summed E-state index contributed by atoms with van der Waals surface area (Å²) in [6.07, 6.45) is 7.89. The highest BCUT2D eigenvalue weighted by molar-refractivity contribution is 14.0. The summed E-state index contributed by atoms with van der Waals surface area (Å²) >= 11 is 0. The van der Waals surface area contributed by atoms with E-state index in [1.54, 1.807) is 0 Å². The quantitative estimate of drug-likeness (QED) is 0.393. The van der Waals surface area contributed by atoms with Crippen LogP contribution in [0.2, 0.25) is 0 Å². The number of aliphatic imine (C=N–C) groups is 1. The Labute approximate surface area is 181 Å². The van der Waals surface area contributed by atoms with Crippen molar-refractivity contribution >= 4 is 29.9 Å². The van der Waals surface area contributed by atoms with Crippen molar-refractivity contribution < 1.29 is 4.74 Å². The van der Waals surface area contributed by atoms with Crippen LogP contribution in [0.3, 0.4) is 0 Å². The number of para-hydroxylation sites is 1. The third-order valence-electron chi connectivity index (χ3n) is 5.41. The van der Waals surface area contributed by atoms with Crippen molar-refractivity contribution in [3.05, 3.63) is 30.3 Å². The van der Waals surface area contributed by atoms with Crippen LogP contribution < -0.4 is 10.1 Å². The van der Waals surface area contributed by atoms with Gasteiger partial charge in [-0.1, -0.05) is 31.0 Å². The zero-order valence-corrected chi connectivity index (χ0v) is 18.9. The number of ether oxygens (including phenoxy) is 1. The molecule has 0 aromatic heterocycles. The van der Waals surface area contributed by atoms with Crippen molar-refractivity contribution in [2.75, 3.05) is 46.3 Å². The lowest BCUT2D eigenvalue weighted by atomic mass is 10.1. The number of rotatable bonds is 5. The van der Waals surface area contributed by atoms with Gasteiger partial charge in [-0.05, 0) is 38.1 Å². The molecule has 0 aliphatic carbocycles. The minimum absolute atomic E-state index is 0. The third-order valence-corrected chi connectivity index (χ3v) is 5.41. The Hall–Kier alpha value is -1.02. The van der Waals surface area contributed by atoms with E-state index in [1.165, 1.54) is 38.8 Å². The summed E-state index contributed by atoms with van der Waals surface area (Å²) in [5, 5.41) is 3.56. The van der Waals surface area contributed by atoms with Crippen LogP contribution >= 0.6 is 24.0 Å². The second-order valence-corrected chi connectivity index (χ2v) is 7.35. The van der Waals surface area contributed by atoms with Crippen molar-refractivity contribution in [3.8, 4) is 5.75 Å². The van der Waals surface area contributed by atoms with Crippen molar-refractivity contribution in [2.24, 2.45) is 4.99 Å². The highest BCUT2D eigenvalue weighted by Crippen LogP contribution is 2.18. The summed E-state index contributed by atoms with van der Waals surface area (Å²) < 4.78 is 6.10. The molecule has 2 saturated heterocycles. The fourth-order valence-electron chi connectivity index (χ4n) is 3.89. The monoisotopic (exact) mass is 486 g/mol. The topological polar surface area (TPSA) is 40.1 Å². The van der Waals surface area contributed by atoms with Gasteiger partial charge in [-0.15, -0.1) is 24.0 Å². The molecule has 152 valence electrons. The van der Waals surface area contributed by atoms with Crippen molar-refractivity contribution in [3.63, 3.8) is 0 Å². The SMILES string of the molecule is CN=C(NCCN1CCCCCC1)N1CCC(Oc2ccccc2)CC1.I. The predicted molar refractivity (Wildman–Crippen MR) is 123 cm³/mol. The molecule has 0 radical (unpaired) electrons. The molecule has 1 N–H and O–H groups in total. The molecule has 2 aliphatic heterocycles. The average Bonchev–Trinajstić information content (AvgIpc) is 2.96. The first-order chi connectivity index (χ1) is 12.8. The van der Waals surface area contributed by atoms with Gasteiger partial charge in [0.2, 0.25) is 0 Å². The van der Waals surface area contributed by atoms with Crippen LogP contribution in [-0.4, -0.2) is 68.2 Å². The fourth-order valence-corrected chi connectivity index (χ4v) is 3.89. The molecule has 0 saturated carbocycles. The predicted octanol–water partition coefficient (Wildman–Crippen LogP) is 3.60. The molecule has 3 rings (SSSR count). The highest BCUT2D eigenvalue weighted by Gasteiger charge is 2.22. The number of piperidine rings is 1. The Bertz CT molecular complexity index is 538. The molecule has 1 aromatic carbocycles. The first kappa shape index (κ1) is 22.3. The second-order valence-electron chi connectivity index (χ2n) is 7.35. The number of hydrogen-bond donors (Lipinski definition) is 1. The second kappa shape index (κ2) is 12.4. The molecule has 0 amide bonds. The zero-order valence-electron chi connectivity index (χ0n) is 16.6. The number of nitrogens with one attached hydrogen (secondary N) is 1. The van der Waals surface area contributed by atoms with Crippen LogP contribution in [-0.2, 0) is 0 Å². The molecular formula is C21H35IN4O. The van der Waals surface area contributed by atoms with E-state index in [0.29, 0.717) is 6.10 Å². The van der Waals surface area contributed by atoms with E-state index in [0.717, 1.165) is 50.7 Å². The van der Waals surface area contributed by atoms with Gasteiger partial charge in [0, 0.05) is 46.1 Å². The van der Waals surface area contributed by atoms with Crippen molar-refractivity contribution in [2.45, 2.75) is 44.6 Å². The smallest absolute Gasteiger partial charge is 0.193 e. The number of halogens is 1. The van der Waals surface area contributed by atoms with Gasteiger partial charge in [0.1, 0.15) is 11.9 Å². The standard InChI is InChI=1S/C21H34N4O.HI/c1-22-21(23-13-18-24-14-7-2-3-8-15-24)25-16-11-20(12-17-25)26-19-9-5-4-6-10-19;/h4-6,9-10,20H,2-3,7-8,11-18H2,1H3,(H,22,23);1H. The lowest BCUT2D eigenvalue weighted by molar-refractivity contribution is 0.129. The molecule has 0 unspecified atom stereocenters. The van der Waals surface area contributed by atoms with E-state index in [-0.39, 0.29) is 24.0 Å². The number of likely N-dealkylation sites (tertiary alicyclic amines) is 2. The van der Waals surface area contributed by atoms with Crippen LogP contribution in [0.25, 0.3) is 0 Å². The Kier molecular flexibility index (Phi) is 10.3. The van der Waals surface area contributed by atoms with E-state index < -0.39 is 0 Å². The minimum atomic E-state index is 0. The maximum absolute atomic E-state index is 6.10. The van der Waals surface area contributed by atoms with E-state index in [9.17, 15) is 0 Å². The summed E-state index contributed by atoms with van der Waals surface area (Å²) in [6.45, 7) is 6.60. The number of hydrogen-bond acceptors (Lipinski definition) is 3. The van der Waals surface area contributed by atoms with Gasteiger partial charge in [-0.3, -0.25) is 4.99 Å². The first-order valence-electron chi connectivity index (χ1n) is 10.2. The maximum atomic E-state index is 6.10. The van der Waals surface area contributed by atoms with Gasteiger partial charge in [-0.25, -0.2) is 0 Å². The van der Waals surface area contributed by atoms with Gasteiger partial charge in [0.05, 0.1) is 0 Å². The van der Waals surface area contributed by atoms with E-state index in [4.69, 9.17) is 4.74 Å². The van der Waals surface area contributed by atoms with Gasteiger partial charge >= 0.3 is 0 Å². The highest BCUT2D eigenvalue weighted by atomic mass is 127. The lowest BCUT2D eigenvalue weighted by Crippen LogP contribution is -2.49. The van der Waals surface area contributed by atoms with Gasteiger partial charge in [0.15, 0.2) is 5.96 Å². The number of guanidine groups is 1. The Balaban J connectivity index is 0.00000261. The molecule has 6 heteroatoms. The Morgan fingerprint density at radius 2 is 1.70 bits per heavy atom. The molecule has 0 spiro atoms. The Morgan fingerprint density at radius 1 is 1.04 bits per heavy atom. The van der Waals surface area contributed by atoms with Crippen LogP contribution in [0.5, 0.6) is 5.75 Å². The molecular weight excluding hydrogens is 451 g/mol. The maximum Gasteiger partial charge on any atom is 0.193 e. The molecule has 0 atom stereocenters. The summed E-state index contributed by atoms with van der Waals surface area (Å²) in [7, 11) is 1.89. The summed E-state index contributed by atoms with van der Waals surface area (Å²) in [4.78, 5) is 9.45. The molecule has 2 fully saturated rings. The largest absolute Gasteiger partial charge is 0.490 e. The van der Waals surface area contributed by atoms with Crippen molar-refractivity contribution in [1.82, 2.24) is 15.1 Å². The fraction of sp³-hybridized carbons (Fsp3) is 0.667. The molecule has 2 aliphatic rings. The molecule has 0 bridgehead atoms. The van der Waals surface area contributed by atoms with E-state index in [2.05, 4.69) is 20.1 Å². The average molecular weight is 486 g/mol. The number of benzene rings is 1. The van der Waals surface area contributed by atoms with Gasteiger partial charge < -0.3 is 19.9 Å². The molecule has 5 nitrogen and oxygen atoms in total. The minimum Gasteiger partial charge on any atom is -0.490 e. The van der Waals surface area contributed by atoms with Crippen LogP contribution in [0, 0.1) is 0 Å². The van der Waals surface area contributed by atoms with Crippen LogP contribution in [0.4, 0.5) is 0 Å². The summed E-state index contributed by atoms with van der Waals surface area (Å²) in [5.41, 5.74) is 0. The first-order valence-corrected chi connectivity index (χ1v) is 10.2. The Morgan fingerprint density at radius 3 is 2.33 bits per heavy atom. The molecule has 2 heterocycles.